The van der Waals surface area contributed by atoms with Gasteiger partial charge >= 0.3 is 0 Å². The van der Waals surface area contributed by atoms with E-state index in [0.717, 1.165) is 11.1 Å². The number of carbonyl (C=O) groups excluding carboxylic acids is 2. The van der Waals surface area contributed by atoms with Crippen LogP contribution < -0.4 is 14.8 Å². The number of carbonyl (C=O) groups is 2. The fraction of sp³-hybridized carbons (Fsp3) is 0.333. The Bertz CT molecular complexity index is 885. The number of benzene rings is 2. The molecule has 148 valence electrons. The van der Waals surface area contributed by atoms with Crippen LogP contribution in [0.1, 0.15) is 25.0 Å². The van der Waals surface area contributed by atoms with E-state index in [0.29, 0.717) is 48.5 Å². The third-order valence-corrected chi connectivity index (χ3v) is 4.78. The maximum Gasteiger partial charge on any atom is 0.228 e. The lowest BCUT2D eigenvalue weighted by Crippen LogP contribution is -2.28. The summed E-state index contributed by atoms with van der Waals surface area (Å²) in [5.74, 6) is 0.897. The van der Waals surface area contributed by atoms with Crippen LogP contribution in [0.5, 0.6) is 11.5 Å². The Labute approximate surface area is 169 Å². The van der Waals surface area contributed by atoms with E-state index in [9.17, 15) is 9.59 Å². The number of halogens is 1. The lowest BCUT2D eigenvalue weighted by molar-refractivity contribution is -0.129. The molecule has 0 aliphatic carbocycles. The van der Waals surface area contributed by atoms with Gasteiger partial charge < -0.3 is 19.7 Å². The molecule has 0 spiro atoms. The van der Waals surface area contributed by atoms with Crippen LogP contribution in [0, 0.1) is 0 Å². The number of ether oxygens (including phenoxy) is 2. The number of rotatable bonds is 6. The van der Waals surface area contributed by atoms with Crippen molar-refractivity contribution in [3.8, 4) is 11.5 Å². The van der Waals surface area contributed by atoms with Gasteiger partial charge in [0.1, 0.15) is 13.2 Å². The summed E-state index contributed by atoms with van der Waals surface area (Å²) in [4.78, 5) is 26.0. The molecule has 0 aromatic heterocycles. The van der Waals surface area contributed by atoms with Crippen molar-refractivity contribution in [2.24, 2.45) is 0 Å². The molecule has 0 saturated carbocycles. The summed E-state index contributed by atoms with van der Waals surface area (Å²) in [5.41, 5.74) is 2.31. The highest BCUT2D eigenvalue weighted by Crippen LogP contribution is 2.38. The van der Waals surface area contributed by atoms with Crippen LogP contribution in [0.4, 0.5) is 5.69 Å². The Hall–Kier alpha value is -2.73. The zero-order chi connectivity index (χ0) is 20.1. The van der Waals surface area contributed by atoms with E-state index in [1.165, 1.54) is 6.92 Å². The van der Waals surface area contributed by atoms with Crippen LogP contribution in [-0.2, 0) is 22.6 Å². The molecule has 1 aliphatic heterocycles. The molecule has 0 bridgehead atoms. The highest BCUT2D eigenvalue weighted by Gasteiger charge is 2.18. The van der Waals surface area contributed by atoms with Crippen LogP contribution in [0.25, 0.3) is 0 Å². The molecule has 28 heavy (non-hydrogen) atoms. The van der Waals surface area contributed by atoms with E-state index in [1.807, 2.05) is 31.2 Å². The number of hydrogen-bond acceptors (Lipinski definition) is 4. The molecule has 0 unspecified atom stereocenters. The van der Waals surface area contributed by atoms with Crippen LogP contribution in [0.15, 0.2) is 36.4 Å². The Morgan fingerprint density at radius 3 is 2.68 bits per heavy atom. The van der Waals surface area contributed by atoms with E-state index in [4.69, 9.17) is 21.1 Å². The maximum atomic E-state index is 12.6. The molecule has 1 aliphatic rings. The normalized spacial score (nSPS) is 12.4. The van der Waals surface area contributed by atoms with Gasteiger partial charge in [-0.05, 0) is 36.2 Å². The molecule has 6 nitrogen and oxygen atoms in total. The number of para-hydroxylation sites is 1. The molecule has 0 radical (unpaired) electrons. The molecule has 0 saturated heterocycles. The highest BCUT2D eigenvalue weighted by molar-refractivity contribution is 6.32. The summed E-state index contributed by atoms with van der Waals surface area (Å²) in [7, 11) is 0. The predicted octanol–water partition coefficient (Wildman–Crippen LogP) is 3.66. The van der Waals surface area contributed by atoms with E-state index in [2.05, 4.69) is 5.32 Å². The number of anilines is 1. The third kappa shape index (κ3) is 4.75. The van der Waals surface area contributed by atoms with E-state index in [1.54, 1.807) is 17.0 Å². The summed E-state index contributed by atoms with van der Waals surface area (Å²) >= 11 is 6.24. The average Bonchev–Trinajstić information content (AvgIpc) is 2.67. The number of nitrogens with zero attached hydrogens (tertiary/aromatic N) is 1. The van der Waals surface area contributed by atoms with Gasteiger partial charge in [-0.2, -0.15) is 0 Å². The van der Waals surface area contributed by atoms with Gasteiger partial charge in [0.15, 0.2) is 11.5 Å². The average molecular weight is 403 g/mol. The van der Waals surface area contributed by atoms with Crippen molar-refractivity contribution in [3.63, 3.8) is 0 Å². The smallest absolute Gasteiger partial charge is 0.228 e. The zero-order valence-corrected chi connectivity index (χ0v) is 16.7. The predicted molar refractivity (Wildman–Crippen MR) is 108 cm³/mol. The largest absolute Gasteiger partial charge is 0.486 e. The standard InChI is InChI=1S/C21H23ClN2O4/c1-3-24(14(2)25)13-16-6-4-5-7-18(16)23-20(26)12-15-10-17(22)21-19(11-15)27-8-9-28-21/h4-7,10-11H,3,8-9,12-13H2,1-2H3,(H,23,26). The number of nitrogens with one attached hydrogen (secondary N) is 1. The molecular formula is C21H23ClN2O4. The lowest BCUT2D eigenvalue weighted by Gasteiger charge is -2.21. The fourth-order valence-corrected chi connectivity index (χ4v) is 3.37. The molecule has 0 fully saturated rings. The van der Waals surface area contributed by atoms with Crippen molar-refractivity contribution >= 4 is 29.1 Å². The number of hydrogen-bond donors (Lipinski definition) is 1. The Balaban J connectivity index is 1.72. The minimum Gasteiger partial charge on any atom is -0.486 e. The van der Waals surface area contributed by atoms with Crippen molar-refractivity contribution in [3.05, 3.63) is 52.5 Å². The molecule has 2 amide bonds. The summed E-state index contributed by atoms with van der Waals surface area (Å²) in [6.07, 6.45) is 0.148. The lowest BCUT2D eigenvalue weighted by atomic mass is 10.1. The summed E-state index contributed by atoms with van der Waals surface area (Å²) in [5, 5.41) is 3.37. The first-order chi connectivity index (χ1) is 13.5. The van der Waals surface area contributed by atoms with Gasteiger partial charge in [0.05, 0.1) is 11.4 Å². The quantitative estimate of drug-likeness (QED) is 0.800. The van der Waals surface area contributed by atoms with Gasteiger partial charge in [-0.15, -0.1) is 0 Å². The van der Waals surface area contributed by atoms with Gasteiger partial charge in [0, 0.05) is 25.7 Å². The van der Waals surface area contributed by atoms with Crippen molar-refractivity contribution in [2.45, 2.75) is 26.8 Å². The molecule has 2 aromatic carbocycles. The minimum absolute atomic E-state index is 0.00505. The van der Waals surface area contributed by atoms with E-state index >= 15 is 0 Å². The van der Waals surface area contributed by atoms with Gasteiger partial charge in [-0.25, -0.2) is 0 Å². The Morgan fingerprint density at radius 2 is 1.93 bits per heavy atom. The second-order valence-electron chi connectivity index (χ2n) is 6.52. The minimum atomic E-state index is -0.175. The monoisotopic (exact) mass is 402 g/mol. The first kappa shape index (κ1) is 20.0. The van der Waals surface area contributed by atoms with Crippen LogP contribution in [-0.4, -0.2) is 36.5 Å². The molecule has 0 atom stereocenters. The van der Waals surface area contributed by atoms with E-state index < -0.39 is 0 Å². The second kappa shape index (κ2) is 8.97. The maximum absolute atomic E-state index is 12.6. The van der Waals surface area contributed by atoms with Crippen LogP contribution in [0.2, 0.25) is 5.02 Å². The number of fused-ring (bicyclic) bond motifs is 1. The molecule has 3 rings (SSSR count). The number of amides is 2. The Morgan fingerprint density at radius 1 is 1.18 bits per heavy atom. The van der Waals surface area contributed by atoms with Gasteiger partial charge in [-0.1, -0.05) is 29.8 Å². The summed E-state index contributed by atoms with van der Waals surface area (Å²) in [6, 6.07) is 11.0. The molecule has 7 heteroatoms. The molecular weight excluding hydrogens is 380 g/mol. The van der Waals surface area contributed by atoms with Crippen LogP contribution >= 0.6 is 11.6 Å². The molecule has 1 heterocycles. The first-order valence-electron chi connectivity index (χ1n) is 9.19. The van der Waals surface area contributed by atoms with E-state index in [-0.39, 0.29) is 18.2 Å². The van der Waals surface area contributed by atoms with Crippen molar-refractivity contribution in [1.82, 2.24) is 4.90 Å². The van der Waals surface area contributed by atoms with Gasteiger partial charge in [0.25, 0.3) is 0 Å². The topological polar surface area (TPSA) is 67.9 Å². The van der Waals surface area contributed by atoms with Crippen LogP contribution in [0.3, 0.4) is 0 Å². The summed E-state index contributed by atoms with van der Waals surface area (Å²) < 4.78 is 11.1. The van der Waals surface area contributed by atoms with Crippen molar-refractivity contribution in [1.29, 1.82) is 0 Å². The van der Waals surface area contributed by atoms with Gasteiger partial charge in [0.2, 0.25) is 11.8 Å². The van der Waals surface area contributed by atoms with Gasteiger partial charge in [-0.3, -0.25) is 9.59 Å². The Kier molecular flexibility index (Phi) is 6.41. The SMILES string of the molecule is CCN(Cc1ccccc1NC(=O)Cc1cc(Cl)c2c(c1)OCCO2)C(C)=O. The van der Waals surface area contributed by atoms with Crippen molar-refractivity contribution in [2.75, 3.05) is 25.1 Å². The highest BCUT2D eigenvalue weighted by atomic mass is 35.5. The first-order valence-corrected chi connectivity index (χ1v) is 9.57. The molecule has 1 N–H and O–H groups in total. The summed E-state index contributed by atoms with van der Waals surface area (Å²) in [6.45, 7) is 5.42. The molecule has 2 aromatic rings. The zero-order valence-electron chi connectivity index (χ0n) is 16.0. The second-order valence-corrected chi connectivity index (χ2v) is 6.92. The van der Waals surface area contributed by atoms with Crippen molar-refractivity contribution < 1.29 is 19.1 Å². The third-order valence-electron chi connectivity index (χ3n) is 4.50. The fourth-order valence-electron chi connectivity index (χ4n) is 3.08.